The highest BCUT2D eigenvalue weighted by Gasteiger charge is 2.04. The molecule has 2 rings (SSSR count). The summed E-state index contributed by atoms with van der Waals surface area (Å²) in [5.41, 5.74) is 0.927. The van der Waals surface area contributed by atoms with Gasteiger partial charge in [-0.1, -0.05) is 18.2 Å². The summed E-state index contributed by atoms with van der Waals surface area (Å²) in [4.78, 5) is 0. The van der Waals surface area contributed by atoms with Gasteiger partial charge < -0.3 is 19.5 Å². The maximum atomic E-state index is 5.65. The fourth-order valence-corrected chi connectivity index (χ4v) is 1.95. The maximum absolute atomic E-state index is 5.65. The third kappa shape index (κ3) is 4.60. The quantitative estimate of drug-likeness (QED) is 0.753. The molecule has 112 valence electrons. The highest BCUT2D eigenvalue weighted by atomic mass is 16.5. The van der Waals surface area contributed by atoms with Gasteiger partial charge in [-0.3, -0.25) is 0 Å². The largest absolute Gasteiger partial charge is 0.497 e. The molecule has 1 N–H and O–H groups in total. The van der Waals surface area contributed by atoms with Crippen molar-refractivity contribution in [2.24, 2.45) is 0 Å². The lowest BCUT2D eigenvalue weighted by atomic mass is 10.2. The number of hydrogen-bond donors (Lipinski definition) is 1. The lowest BCUT2D eigenvalue weighted by Crippen LogP contribution is -2.08. The van der Waals surface area contributed by atoms with Crippen molar-refractivity contribution in [3.8, 4) is 17.2 Å². The molecule has 0 amide bonds. The Morgan fingerprint density at radius 1 is 0.905 bits per heavy atom. The van der Waals surface area contributed by atoms with Gasteiger partial charge in [-0.2, -0.15) is 0 Å². The minimum absolute atomic E-state index is 0.670. The van der Waals surface area contributed by atoms with Gasteiger partial charge in [-0.15, -0.1) is 0 Å². The van der Waals surface area contributed by atoms with Gasteiger partial charge in [0.05, 0.1) is 26.5 Å². The van der Waals surface area contributed by atoms with Crippen LogP contribution in [0.5, 0.6) is 17.2 Å². The van der Waals surface area contributed by atoms with Crippen molar-refractivity contribution >= 4 is 5.69 Å². The van der Waals surface area contributed by atoms with Crippen LogP contribution in [0, 0.1) is 0 Å². The third-order valence-corrected chi connectivity index (χ3v) is 3.06. The fraction of sp³-hybridized carbons (Fsp3) is 0.294. The Morgan fingerprint density at radius 3 is 2.43 bits per heavy atom. The molecule has 0 atom stereocenters. The van der Waals surface area contributed by atoms with Gasteiger partial charge in [0.15, 0.2) is 0 Å². The van der Waals surface area contributed by atoms with E-state index in [2.05, 4.69) is 5.32 Å². The Hall–Kier alpha value is -2.36. The van der Waals surface area contributed by atoms with Crippen LogP contribution < -0.4 is 19.5 Å². The molecule has 2 aromatic rings. The van der Waals surface area contributed by atoms with Crippen molar-refractivity contribution in [3.05, 3.63) is 48.5 Å². The summed E-state index contributed by atoms with van der Waals surface area (Å²) >= 11 is 0. The van der Waals surface area contributed by atoms with E-state index in [1.54, 1.807) is 14.2 Å². The first-order valence-electron chi connectivity index (χ1n) is 6.97. The molecule has 0 bridgehead atoms. The number of para-hydroxylation sites is 1. The maximum Gasteiger partial charge on any atom is 0.142 e. The molecule has 0 radical (unpaired) electrons. The first-order valence-corrected chi connectivity index (χ1v) is 6.97. The highest BCUT2D eigenvalue weighted by molar-refractivity contribution is 5.59. The van der Waals surface area contributed by atoms with Gasteiger partial charge in [0.2, 0.25) is 0 Å². The molecule has 4 heteroatoms. The molecule has 0 spiro atoms. The van der Waals surface area contributed by atoms with E-state index in [1.165, 1.54) is 0 Å². The molecule has 0 saturated heterocycles. The van der Waals surface area contributed by atoms with E-state index in [9.17, 15) is 0 Å². The summed E-state index contributed by atoms with van der Waals surface area (Å²) in [5, 5.41) is 3.34. The second kappa shape index (κ2) is 8.04. The summed E-state index contributed by atoms with van der Waals surface area (Å²) in [6.07, 6.45) is 0.898. The molecular weight excluding hydrogens is 266 g/mol. The zero-order valence-corrected chi connectivity index (χ0v) is 12.5. The van der Waals surface area contributed by atoms with E-state index >= 15 is 0 Å². The van der Waals surface area contributed by atoms with Crippen LogP contribution in [0.15, 0.2) is 48.5 Å². The van der Waals surface area contributed by atoms with Gasteiger partial charge in [0, 0.05) is 12.6 Å². The van der Waals surface area contributed by atoms with Crippen LogP contribution >= 0.6 is 0 Å². The van der Waals surface area contributed by atoms with Gasteiger partial charge in [0.25, 0.3) is 0 Å². The Balaban J connectivity index is 1.78. The molecule has 0 aliphatic heterocycles. The van der Waals surface area contributed by atoms with E-state index in [-0.39, 0.29) is 0 Å². The van der Waals surface area contributed by atoms with Crippen LogP contribution in [-0.2, 0) is 0 Å². The lowest BCUT2D eigenvalue weighted by Gasteiger charge is -2.13. The monoisotopic (exact) mass is 287 g/mol. The van der Waals surface area contributed by atoms with Crippen LogP contribution in [-0.4, -0.2) is 27.4 Å². The summed E-state index contributed by atoms with van der Waals surface area (Å²) in [5.74, 6) is 2.51. The molecule has 0 fully saturated rings. The first kappa shape index (κ1) is 15.0. The molecule has 0 saturated carbocycles. The minimum Gasteiger partial charge on any atom is -0.497 e. The first-order chi connectivity index (χ1) is 10.3. The van der Waals surface area contributed by atoms with Crippen LogP contribution in [0.1, 0.15) is 6.42 Å². The number of hydrogen-bond acceptors (Lipinski definition) is 4. The number of benzene rings is 2. The number of ether oxygens (including phenoxy) is 3. The van der Waals surface area contributed by atoms with Crippen molar-refractivity contribution in [2.75, 3.05) is 32.7 Å². The normalized spacial score (nSPS) is 10.0. The van der Waals surface area contributed by atoms with Crippen molar-refractivity contribution in [3.63, 3.8) is 0 Å². The Labute approximate surface area is 125 Å². The minimum atomic E-state index is 0.670. The van der Waals surface area contributed by atoms with Crippen molar-refractivity contribution in [2.45, 2.75) is 6.42 Å². The van der Waals surface area contributed by atoms with Gasteiger partial charge in [0.1, 0.15) is 17.2 Å². The number of methoxy groups -OCH3 is 2. The van der Waals surface area contributed by atoms with Crippen LogP contribution in [0.4, 0.5) is 5.69 Å². The SMILES string of the molecule is COc1ccc(OC)c(NCCCOc2ccccc2)c1. The average molecular weight is 287 g/mol. The molecule has 2 aromatic carbocycles. The number of rotatable bonds is 8. The zero-order chi connectivity index (χ0) is 14.9. The number of nitrogens with one attached hydrogen (secondary N) is 1. The highest BCUT2D eigenvalue weighted by Crippen LogP contribution is 2.28. The van der Waals surface area contributed by atoms with Crippen molar-refractivity contribution in [1.29, 1.82) is 0 Å². The van der Waals surface area contributed by atoms with Crippen molar-refractivity contribution in [1.82, 2.24) is 0 Å². The second-order valence-corrected chi connectivity index (χ2v) is 4.51. The smallest absolute Gasteiger partial charge is 0.142 e. The summed E-state index contributed by atoms with van der Waals surface area (Å²) in [7, 11) is 3.31. The van der Waals surface area contributed by atoms with Crippen LogP contribution in [0.2, 0.25) is 0 Å². The molecule has 0 aliphatic carbocycles. The van der Waals surface area contributed by atoms with Gasteiger partial charge in [-0.05, 0) is 30.7 Å². The molecule has 0 aromatic heterocycles. The van der Waals surface area contributed by atoms with Crippen molar-refractivity contribution < 1.29 is 14.2 Å². The molecular formula is C17H21NO3. The van der Waals surface area contributed by atoms with E-state index < -0.39 is 0 Å². The predicted octanol–water partition coefficient (Wildman–Crippen LogP) is 3.58. The topological polar surface area (TPSA) is 39.7 Å². The standard InChI is InChI=1S/C17H21NO3/c1-19-15-9-10-17(20-2)16(13-15)18-11-6-12-21-14-7-4-3-5-8-14/h3-5,7-10,13,18H,6,11-12H2,1-2H3. The molecule has 21 heavy (non-hydrogen) atoms. The van der Waals surface area contributed by atoms with E-state index in [0.29, 0.717) is 6.61 Å². The Bertz CT molecular complexity index is 543. The molecule has 0 aliphatic rings. The van der Waals surface area contributed by atoms with E-state index in [1.807, 2.05) is 48.5 Å². The third-order valence-electron chi connectivity index (χ3n) is 3.06. The van der Waals surface area contributed by atoms with Gasteiger partial charge >= 0.3 is 0 Å². The second-order valence-electron chi connectivity index (χ2n) is 4.51. The van der Waals surface area contributed by atoms with E-state index in [0.717, 1.165) is 35.9 Å². The summed E-state index contributed by atoms with van der Waals surface area (Å²) in [6.45, 7) is 1.47. The molecule has 0 unspecified atom stereocenters. The summed E-state index contributed by atoms with van der Waals surface area (Å²) in [6, 6.07) is 15.5. The molecule has 0 heterocycles. The Kier molecular flexibility index (Phi) is 5.76. The summed E-state index contributed by atoms with van der Waals surface area (Å²) < 4.78 is 16.2. The Morgan fingerprint density at radius 2 is 1.71 bits per heavy atom. The average Bonchev–Trinajstić information content (AvgIpc) is 2.55. The number of anilines is 1. The van der Waals surface area contributed by atoms with E-state index in [4.69, 9.17) is 14.2 Å². The lowest BCUT2D eigenvalue weighted by molar-refractivity contribution is 0.315. The molecule has 4 nitrogen and oxygen atoms in total. The zero-order valence-electron chi connectivity index (χ0n) is 12.5. The fourth-order valence-electron chi connectivity index (χ4n) is 1.95. The van der Waals surface area contributed by atoms with Crippen LogP contribution in [0.25, 0.3) is 0 Å². The van der Waals surface area contributed by atoms with Crippen LogP contribution in [0.3, 0.4) is 0 Å². The predicted molar refractivity (Wildman–Crippen MR) is 84.6 cm³/mol. The van der Waals surface area contributed by atoms with Gasteiger partial charge in [-0.25, -0.2) is 0 Å².